The van der Waals surface area contributed by atoms with E-state index >= 15 is 0 Å². The molecule has 0 aromatic carbocycles. The van der Waals surface area contributed by atoms with Crippen LogP contribution in [0.3, 0.4) is 0 Å². The molecule has 0 amide bonds. The van der Waals surface area contributed by atoms with E-state index in [-0.39, 0.29) is 12.0 Å². The highest BCUT2D eigenvalue weighted by Gasteiger charge is 2.30. The van der Waals surface area contributed by atoms with Crippen LogP contribution >= 0.6 is 0 Å². The first-order chi connectivity index (χ1) is 4.91. The van der Waals surface area contributed by atoms with Gasteiger partial charge in [-0.15, -0.1) is 0 Å². The minimum absolute atomic E-state index is 0.247. The lowest BCUT2D eigenvalue weighted by atomic mass is 9.92. The molecule has 2 heteroatoms. The molecule has 0 aromatic heterocycles. The van der Waals surface area contributed by atoms with Crippen molar-refractivity contribution in [3.8, 4) is 0 Å². The van der Waals surface area contributed by atoms with E-state index in [0.717, 1.165) is 0 Å². The Balaban J connectivity index is 4.05. The molecule has 0 heterocycles. The lowest BCUT2D eigenvalue weighted by Gasteiger charge is -2.32. The van der Waals surface area contributed by atoms with Gasteiger partial charge in [0.25, 0.3) is 0 Å². The molecule has 0 aromatic rings. The third-order valence-corrected chi connectivity index (χ3v) is 1.86. The molecule has 0 saturated carbocycles. The van der Waals surface area contributed by atoms with Crippen molar-refractivity contribution in [2.24, 2.45) is 5.92 Å². The summed E-state index contributed by atoms with van der Waals surface area (Å²) in [5.41, 5.74) is -0.414. The second-order valence-electron chi connectivity index (χ2n) is 3.73. The van der Waals surface area contributed by atoms with Gasteiger partial charge in [0.05, 0.1) is 11.7 Å². The second kappa shape index (κ2) is 4.07. The predicted octanol–water partition coefficient (Wildman–Crippen LogP) is 1.82. The Hall–Kier alpha value is -0.0800. The van der Waals surface area contributed by atoms with E-state index in [1.54, 1.807) is 0 Å². The fourth-order valence-corrected chi connectivity index (χ4v) is 1.26. The van der Waals surface area contributed by atoms with E-state index in [2.05, 4.69) is 0 Å². The van der Waals surface area contributed by atoms with Gasteiger partial charge in [-0.05, 0) is 26.7 Å². The van der Waals surface area contributed by atoms with Crippen molar-refractivity contribution in [2.45, 2.75) is 46.3 Å². The first-order valence-electron chi connectivity index (χ1n) is 4.23. The number of hydrogen-bond donors (Lipinski definition) is 1. The van der Waals surface area contributed by atoms with E-state index in [9.17, 15) is 5.11 Å². The molecule has 1 unspecified atom stereocenters. The molecule has 0 fully saturated rings. The maximum Gasteiger partial charge on any atom is 0.0886 e. The zero-order valence-corrected chi connectivity index (χ0v) is 8.22. The van der Waals surface area contributed by atoms with Gasteiger partial charge in [-0.2, -0.15) is 0 Å². The molecule has 0 spiro atoms. The molecule has 11 heavy (non-hydrogen) atoms. The van der Waals surface area contributed by atoms with Crippen LogP contribution in [-0.2, 0) is 4.74 Å². The average molecular weight is 160 g/mol. The molecule has 0 aliphatic carbocycles. The van der Waals surface area contributed by atoms with Crippen molar-refractivity contribution >= 4 is 0 Å². The summed E-state index contributed by atoms with van der Waals surface area (Å²) >= 11 is 0. The minimum atomic E-state index is -0.414. The maximum atomic E-state index is 9.66. The van der Waals surface area contributed by atoms with Crippen LogP contribution in [0.25, 0.3) is 0 Å². The smallest absolute Gasteiger partial charge is 0.0886 e. The topological polar surface area (TPSA) is 29.5 Å². The van der Waals surface area contributed by atoms with E-state index in [4.69, 9.17) is 4.74 Å². The Morgan fingerprint density at radius 3 is 2.09 bits per heavy atom. The van der Waals surface area contributed by atoms with Gasteiger partial charge in [0.1, 0.15) is 0 Å². The van der Waals surface area contributed by atoms with Gasteiger partial charge < -0.3 is 9.84 Å². The molecule has 0 aliphatic rings. The molecule has 0 aliphatic heterocycles. The molecule has 68 valence electrons. The monoisotopic (exact) mass is 160 g/mol. The average Bonchev–Trinajstić information content (AvgIpc) is 1.86. The van der Waals surface area contributed by atoms with Crippen molar-refractivity contribution in [2.75, 3.05) is 6.61 Å². The summed E-state index contributed by atoms with van der Waals surface area (Å²) in [5, 5.41) is 9.66. The lowest BCUT2D eigenvalue weighted by molar-refractivity contribution is -0.112. The van der Waals surface area contributed by atoms with Crippen LogP contribution in [0.2, 0.25) is 0 Å². The number of aliphatic hydroxyl groups excluding tert-OH is 1. The van der Waals surface area contributed by atoms with Crippen LogP contribution in [0.1, 0.15) is 34.6 Å². The highest BCUT2D eigenvalue weighted by atomic mass is 16.5. The Kier molecular flexibility index (Phi) is 4.04. The van der Waals surface area contributed by atoms with Crippen molar-refractivity contribution in [1.82, 2.24) is 0 Å². The van der Waals surface area contributed by atoms with E-state index in [1.165, 1.54) is 0 Å². The van der Waals surface area contributed by atoms with Crippen LogP contribution in [0, 0.1) is 5.92 Å². The normalized spacial score (nSPS) is 15.5. The van der Waals surface area contributed by atoms with Gasteiger partial charge in [-0.25, -0.2) is 0 Å². The standard InChI is InChI=1S/C9H20O2/c1-6-11-9(4,5)8(10)7(2)3/h7-8,10H,6H2,1-5H3. The first kappa shape index (κ1) is 10.9. The quantitative estimate of drug-likeness (QED) is 0.679. The van der Waals surface area contributed by atoms with E-state index in [1.807, 2.05) is 34.6 Å². The third kappa shape index (κ3) is 3.21. The van der Waals surface area contributed by atoms with Gasteiger partial charge in [0.2, 0.25) is 0 Å². The van der Waals surface area contributed by atoms with Crippen molar-refractivity contribution in [3.63, 3.8) is 0 Å². The zero-order chi connectivity index (χ0) is 9.07. The van der Waals surface area contributed by atoms with Gasteiger partial charge in [0.15, 0.2) is 0 Å². The predicted molar refractivity (Wildman–Crippen MR) is 46.5 cm³/mol. The van der Waals surface area contributed by atoms with Gasteiger partial charge >= 0.3 is 0 Å². The number of rotatable bonds is 4. The zero-order valence-electron chi connectivity index (χ0n) is 8.22. The summed E-state index contributed by atoms with van der Waals surface area (Å²) in [5.74, 6) is 0.247. The summed E-state index contributed by atoms with van der Waals surface area (Å²) in [6.45, 7) is 10.4. The van der Waals surface area contributed by atoms with Crippen LogP contribution in [0.15, 0.2) is 0 Å². The Bertz CT molecular complexity index is 108. The second-order valence-corrected chi connectivity index (χ2v) is 3.73. The highest BCUT2D eigenvalue weighted by Crippen LogP contribution is 2.20. The SMILES string of the molecule is CCOC(C)(C)C(O)C(C)C. The molecule has 0 rings (SSSR count). The van der Waals surface area contributed by atoms with Crippen LogP contribution in [0.4, 0.5) is 0 Å². The van der Waals surface area contributed by atoms with E-state index in [0.29, 0.717) is 6.61 Å². The van der Waals surface area contributed by atoms with Gasteiger partial charge in [0, 0.05) is 6.61 Å². The molecule has 1 atom stereocenters. The maximum absolute atomic E-state index is 9.66. The first-order valence-corrected chi connectivity index (χ1v) is 4.23. The van der Waals surface area contributed by atoms with Gasteiger partial charge in [-0.3, -0.25) is 0 Å². The Morgan fingerprint density at radius 1 is 1.36 bits per heavy atom. The Labute approximate surface area is 69.6 Å². The largest absolute Gasteiger partial charge is 0.390 e. The fourth-order valence-electron chi connectivity index (χ4n) is 1.26. The third-order valence-electron chi connectivity index (χ3n) is 1.86. The van der Waals surface area contributed by atoms with Crippen molar-refractivity contribution in [1.29, 1.82) is 0 Å². The van der Waals surface area contributed by atoms with E-state index < -0.39 is 5.60 Å². The van der Waals surface area contributed by atoms with Crippen molar-refractivity contribution in [3.05, 3.63) is 0 Å². The summed E-state index contributed by atoms with van der Waals surface area (Å²) < 4.78 is 5.40. The summed E-state index contributed by atoms with van der Waals surface area (Å²) in [4.78, 5) is 0. The summed E-state index contributed by atoms with van der Waals surface area (Å²) in [7, 11) is 0. The molecule has 2 nitrogen and oxygen atoms in total. The number of aliphatic hydroxyl groups is 1. The fraction of sp³-hybridized carbons (Fsp3) is 1.00. The van der Waals surface area contributed by atoms with Crippen LogP contribution in [0.5, 0.6) is 0 Å². The summed E-state index contributed by atoms with van der Waals surface area (Å²) in [6, 6.07) is 0. The molecular formula is C9H20O2. The van der Waals surface area contributed by atoms with Gasteiger partial charge in [-0.1, -0.05) is 13.8 Å². The summed E-state index contributed by atoms with van der Waals surface area (Å²) in [6.07, 6.45) is -0.387. The minimum Gasteiger partial charge on any atom is -0.390 e. The Morgan fingerprint density at radius 2 is 1.82 bits per heavy atom. The number of ether oxygens (including phenoxy) is 1. The lowest BCUT2D eigenvalue weighted by Crippen LogP contribution is -2.42. The van der Waals surface area contributed by atoms with Crippen molar-refractivity contribution < 1.29 is 9.84 Å². The number of hydrogen-bond acceptors (Lipinski definition) is 2. The van der Waals surface area contributed by atoms with Crippen LogP contribution < -0.4 is 0 Å². The van der Waals surface area contributed by atoms with Crippen LogP contribution in [-0.4, -0.2) is 23.4 Å². The highest BCUT2D eigenvalue weighted by molar-refractivity contribution is 4.80. The molecular weight excluding hydrogens is 140 g/mol. The molecule has 0 saturated heterocycles. The molecule has 0 bridgehead atoms. The molecule has 1 N–H and O–H groups in total. The molecule has 0 radical (unpaired) electrons.